The molecule has 0 saturated carbocycles. The summed E-state index contributed by atoms with van der Waals surface area (Å²) in [5.41, 5.74) is 0.360. The van der Waals surface area contributed by atoms with Crippen LogP contribution in [0, 0.1) is 0 Å². The Balaban J connectivity index is 2.64. The van der Waals surface area contributed by atoms with Crippen molar-refractivity contribution in [2.75, 3.05) is 0 Å². The lowest BCUT2D eigenvalue weighted by atomic mass is 9.82. The molecule has 14 heavy (non-hydrogen) atoms. The Bertz CT molecular complexity index is 407. The van der Waals surface area contributed by atoms with E-state index in [-0.39, 0.29) is 5.78 Å². The van der Waals surface area contributed by atoms with Gasteiger partial charge in [0.25, 0.3) is 0 Å². The van der Waals surface area contributed by atoms with E-state index in [1.165, 1.54) is 6.08 Å². The molecule has 0 saturated heterocycles. The number of fused-ring (bicyclic) bond motifs is 1. The minimum atomic E-state index is -0.968. The van der Waals surface area contributed by atoms with Crippen LogP contribution in [0.5, 0.6) is 0 Å². The van der Waals surface area contributed by atoms with Crippen LogP contribution in [-0.4, -0.2) is 10.9 Å². The number of benzene rings is 1. The predicted molar refractivity (Wildman–Crippen MR) is 54.1 cm³/mol. The number of carbonyl (C=O) groups is 1. The van der Waals surface area contributed by atoms with Crippen molar-refractivity contribution in [1.82, 2.24) is 0 Å². The first-order chi connectivity index (χ1) is 6.67. The van der Waals surface area contributed by atoms with Gasteiger partial charge in [0, 0.05) is 5.56 Å². The van der Waals surface area contributed by atoms with Crippen LogP contribution in [0.4, 0.5) is 0 Å². The van der Waals surface area contributed by atoms with Gasteiger partial charge in [0.15, 0.2) is 5.78 Å². The van der Waals surface area contributed by atoms with Crippen LogP contribution in [-0.2, 0) is 5.60 Å². The number of hydrogen-bond donors (Lipinski definition) is 1. The molecule has 0 fully saturated rings. The van der Waals surface area contributed by atoms with Crippen LogP contribution in [0.25, 0.3) is 0 Å². The SMILES string of the molecule is CCC1(O)C=CC(=O)c2ccccc21. The van der Waals surface area contributed by atoms with Gasteiger partial charge in [-0.05, 0) is 24.1 Å². The largest absolute Gasteiger partial charge is 0.381 e. The molecule has 0 radical (unpaired) electrons. The molecule has 0 bridgehead atoms. The predicted octanol–water partition coefficient (Wildman–Crippen LogP) is 2.04. The molecule has 2 nitrogen and oxygen atoms in total. The van der Waals surface area contributed by atoms with E-state index in [0.29, 0.717) is 12.0 Å². The van der Waals surface area contributed by atoms with E-state index in [4.69, 9.17) is 0 Å². The first-order valence-corrected chi connectivity index (χ1v) is 4.73. The molecule has 0 aliphatic heterocycles. The van der Waals surface area contributed by atoms with Crippen molar-refractivity contribution in [3.8, 4) is 0 Å². The Morgan fingerprint density at radius 3 is 2.79 bits per heavy atom. The van der Waals surface area contributed by atoms with Crippen LogP contribution in [0.1, 0.15) is 29.3 Å². The lowest BCUT2D eigenvalue weighted by molar-refractivity contribution is 0.0775. The molecule has 0 spiro atoms. The van der Waals surface area contributed by atoms with Gasteiger partial charge >= 0.3 is 0 Å². The van der Waals surface area contributed by atoms with Crippen molar-refractivity contribution in [3.63, 3.8) is 0 Å². The summed E-state index contributed by atoms with van der Waals surface area (Å²) >= 11 is 0. The first-order valence-electron chi connectivity index (χ1n) is 4.73. The highest BCUT2D eigenvalue weighted by atomic mass is 16.3. The molecular formula is C12H12O2. The van der Waals surface area contributed by atoms with E-state index in [1.807, 2.05) is 19.1 Å². The normalized spacial score (nSPS) is 24.9. The van der Waals surface area contributed by atoms with E-state index in [0.717, 1.165) is 5.56 Å². The molecule has 1 atom stereocenters. The summed E-state index contributed by atoms with van der Waals surface area (Å²) in [7, 11) is 0. The maximum absolute atomic E-state index is 11.5. The average molecular weight is 188 g/mol. The third-order valence-electron chi connectivity index (χ3n) is 2.71. The summed E-state index contributed by atoms with van der Waals surface area (Å²) in [6, 6.07) is 7.21. The van der Waals surface area contributed by atoms with Crippen molar-refractivity contribution in [2.45, 2.75) is 18.9 Å². The summed E-state index contributed by atoms with van der Waals surface area (Å²) in [6.07, 6.45) is 3.61. The Kier molecular flexibility index (Phi) is 2.01. The number of carbonyl (C=O) groups excluding carboxylic acids is 1. The molecule has 2 heteroatoms. The second kappa shape index (κ2) is 3.07. The van der Waals surface area contributed by atoms with Crippen LogP contribution < -0.4 is 0 Å². The fourth-order valence-corrected chi connectivity index (χ4v) is 1.78. The lowest BCUT2D eigenvalue weighted by Gasteiger charge is -2.28. The molecule has 1 N–H and O–H groups in total. The minimum Gasteiger partial charge on any atom is -0.381 e. The molecular weight excluding hydrogens is 176 g/mol. The maximum Gasteiger partial charge on any atom is 0.186 e. The summed E-state index contributed by atoms with van der Waals surface area (Å²) < 4.78 is 0. The molecule has 1 aromatic carbocycles. The van der Waals surface area contributed by atoms with E-state index in [9.17, 15) is 9.90 Å². The minimum absolute atomic E-state index is 0.0290. The van der Waals surface area contributed by atoms with Crippen molar-refractivity contribution < 1.29 is 9.90 Å². The topological polar surface area (TPSA) is 37.3 Å². The van der Waals surface area contributed by atoms with Crippen molar-refractivity contribution >= 4 is 5.78 Å². The molecule has 1 aliphatic rings. The number of allylic oxidation sites excluding steroid dienone is 1. The Labute approximate surface area is 82.9 Å². The maximum atomic E-state index is 11.5. The molecule has 1 aromatic rings. The van der Waals surface area contributed by atoms with Gasteiger partial charge in [-0.1, -0.05) is 31.2 Å². The Morgan fingerprint density at radius 1 is 1.36 bits per heavy atom. The van der Waals surface area contributed by atoms with E-state index < -0.39 is 5.60 Å². The van der Waals surface area contributed by atoms with Crippen LogP contribution in [0.3, 0.4) is 0 Å². The zero-order chi connectivity index (χ0) is 10.2. The van der Waals surface area contributed by atoms with Gasteiger partial charge in [0.1, 0.15) is 5.60 Å². The lowest BCUT2D eigenvalue weighted by Crippen LogP contribution is -2.27. The fourth-order valence-electron chi connectivity index (χ4n) is 1.78. The van der Waals surface area contributed by atoms with E-state index in [1.54, 1.807) is 18.2 Å². The smallest absolute Gasteiger partial charge is 0.186 e. The highest BCUT2D eigenvalue weighted by Gasteiger charge is 2.31. The van der Waals surface area contributed by atoms with Crippen molar-refractivity contribution in [2.24, 2.45) is 0 Å². The molecule has 0 heterocycles. The number of aliphatic hydroxyl groups is 1. The number of rotatable bonds is 1. The van der Waals surface area contributed by atoms with Crippen molar-refractivity contribution in [3.05, 3.63) is 47.5 Å². The van der Waals surface area contributed by atoms with Crippen LogP contribution >= 0.6 is 0 Å². The third-order valence-corrected chi connectivity index (χ3v) is 2.71. The molecule has 0 amide bonds. The second-order valence-electron chi connectivity index (χ2n) is 3.52. The Hall–Kier alpha value is -1.41. The zero-order valence-corrected chi connectivity index (χ0v) is 8.03. The third kappa shape index (κ3) is 1.19. The van der Waals surface area contributed by atoms with Crippen LogP contribution in [0.2, 0.25) is 0 Å². The van der Waals surface area contributed by atoms with Crippen LogP contribution in [0.15, 0.2) is 36.4 Å². The summed E-state index contributed by atoms with van der Waals surface area (Å²) in [4.78, 5) is 11.5. The monoisotopic (exact) mass is 188 g/mol. The number of ketones is 1. The standard InChI is InChI=1S/C12H12O2/c1-2-12(14)8-7-11(13)9-5-3-4-6-10(9)12/h3-8,14H,2H2,1H3. The zero-order valence-electron chi connectivity index (χ0n) is 8.03. The second-order valence-corrected chi connectivity index (χ2v) is 3.52. The molecule has 0 aromatic heterocycles. The summed E-state index contributed by atoms with van der Waals surface area (Å²) in [5.74, 6) is -0.0290. The van der Waals surface area contributed by atoms with E-state index in [2.05, 4.69) is 0 Å². The van der Waals surface area contributed by atoms with Gasteiger partial charge in [-0.25, -0.2) is 0 Å². The van der Waals surface area contributed by atoms with Crippen molar-refractivity contribution in [1.29, 1.82) is 0 Å². The molecule has 72 valence electrons. The fraction of sp³-hybridized carbons (Fsp3) is 0.250. The van der Waals surface area contributed by atoms with Gasteiger partial charge in [-0.2, -0.15) is 0 Å². The average Bonchev–Trinajstić information content (AvgIpc) is 2.24. The van der Waals surface area contributed by atoms with Gasteiger partial charge in [0.05, 0.1) is 0 Å². The highest BCUT2D eigenvalue weighted by Crippen LogP contribution is 2.32. The van der Waals surface area contributed by atoms with Gasteiger partial charge in [-0.3, -0.25) is 4.79 Å². The Morgan fingerprint density at radius 2 is 2.07 bits per heavy atom. The molecule has 1 aliphatic carbocycles. The highest BCUT2D eigenvalue weighted by molar-refractivity contribution is 6.07. The molecule has 1 unspecified atom stereocenters. The van der Waals surface area contributed by atoms with Gasteiger partial charge in [-0.15, -0.1) is 0 Å². The summed E-state index contributed by atoms with van der Waals surface area (Å²) in [5, 5.41) is 10.2. The van der Waals surface area contributed by atoms with E-state index >= 15 is 0 Å². The molecule has 2 rings (SSSR count). The number of hydrogen-bond acceptors (Lipinski definition) is 2. The van der Waals surface area contributed by atoms with Gasteiger partial charge < -0.3 is 5.11 Å². The van der Waals surface area contributed by atoms with Gasteiger partial charge in [0.2, 0.25) is 0 Å². The summed E-state index contributed by atoms with van der Waals surface area (Å²) in [6.45, 7) is 1.90. The quantitative estimate of drug-likeness (QED) is 0.732. The first kappa shape index (κ1) is 9.16.